The van der Waals surface area contributed by atoms with Crippen LogP contribution in [0, 0.1) is 23.7 Å². The van der Waals surface area contributed by atoms with Gasteiger partial charge in [-0.2, -0.15) is 0 Å². The number of aliphatic hydroxyl groups is 2. The molecule has 0 saturated heterocycles. The number of ketones is 2. The van der Waals surface area contributed by atoms with E-state index in [0.717, 1.165) is 18.0 Å². The molecule has 0 aromatic heterocycles. The second-order valence-electron chi connectivity index (χ2n) is 12.0. The Morgan fingerprint density at radius 2 is 1.85 bits per heavy atom. The summed E-state index contributed by atoms with van der Waals surface area (Å²) >= 11 is 0. The van der Waals surface area contributed by atoms with Crippen molar-refractivity contribution in [2.75, 3.05) is 27.7 Å². The fourth-order valence-electron chi connectivity index (χ4n) is 7.23. The molecule has 4 atom stereocenters. The van der Waals surface area contributed by atoms with Crippen molar-refractivity contribution >= 4 is 34.0 Å². The molecule has 6 rings (SSSR count). The first-order valence-electron chi connectivity index (χ1n) is 14.0. The Hall–Kier alpha value is -3.89. The maximum atomic E-state index is 14.0. The summed E-state index contributed by atoms with van der Waals surface area (Å²) in [6, 6.07) is 4.95. The Bertz CT molecular complexity index is 1570. The van der Waals surface area contributed by atoms with Crippen LogP contribution in [-0.2, 0) is 27.3 Å². The molecule has 0 bridgehead atoms. The maximum Gasteiger partial charge on any atom is 0.255 e. The van der Waals surface area contributed by atoms with Crippen LogP contribution in [0.5, 0.6) is 11.5 Å². The molecule has 2 aromatic rings. The van der Waals surface area contributed by atoms with E-state index in [2.05, 4.69) is 5.32 Å². The Morgan fingerprint density at radius 3 is 2.49 bits per heavy atom. The van der Waals surface area contributed by atoms with Gasteiger partial charge in [-0.15, -0.1) is 0 Å². The second kappa shape index (κ2) is 9.88. The molecule has 2 aromatic carbocycles. The van der Waals surface area contributed by atoms with Crippen LogP contribution in [0.3, 0.4) is 0 Å². The van der Waals surface area contributed by atoms with Gasteiger partial charge in [-0.25, -0.2) is 0 Å². The monoisotopic (exact) mass is 561 g/mol. The van der Waals surface area contributed by atoms with Crippen LogP contribution in [0.2, 0.25) is 0 Å². The molecule has 10 heteroatoms. The van der Waals surface area contributed by atoms with Crippen LogP contribution in [0.1, 0.15) is 36.0 Å². The summed E-state index contributed by atoms with van der Waals surface area (Å²) in [7, 11) is 4.92. The minimum absolute atomic E-state index is 0.0498. The van der Waals surface area contributed by atoms with Gasteiger partial charge < -0.3 is 31.1 Å². The zero-order valence-corrected chi connectivity index (χ0v) is 23.4. The van der Waals surface area contributed by atoms with E-state index < -0.39 is 52.6 Å². The minimum Gasteiger partial charge on any atom is -0.510 e. The molecule has 10 nitrogen and oxygen atoms in total. The Morgan fingerprint density at radius 1 is 1.12 bits per heavy atom. The average Bonchev–Trinajstić information content (AvgIpc) is 3.73. The lowest BCUT2D eigenvalue weighted by molar-refractivity contribution is -0.136. The van der Waals surface area contributed by atoms with E-state index in [4.69, 9.17) is 10.5 Å². The highest BCUT2D eigenvalue weighted by Crippen LogP contribution is 2.53. The average molecular weight is 562 g/mol. The van der Waals surface area contributed by atoms with E-state index in [0.29, 0.717) is 28.6 Å². The van der Waals surface area contributed by atoms with Gasteiger partial charge in [0.25, 0.3) is 5.91 Å². The SMILES string of the molecule is COc1c2c(c(O)c3cc(CNCC4CC4)ccc13)C(O)=C1C(=O)C3C(=O)C(C(N)=O)=C(O)[C@@H](N(C)C)C3C[C@@H]1C2. The summed E-state index contributed by atoms with van der Waals surface area (Å²) in [6.07, 6.45) is 3.05. The molecule has 0 spiro atoms. The topological polar surface area (TPSA) is 162 Å². The number of aliphatic hydroxyl groups excluding tert-OH is 2. The van der Waals surface area contributed by atoms with Gasteiger partial charge in [0.1, 0.15) is 28.6 Å². The number of methoxy groups -OCH3 is 1. The summed E-state index contributed by atoms with van der Waals surface area (Å²) in [5, 5.41) is 38.6. The number of carbonyl (C=O) groups excluding carboxylic acids is 3. The lowest BCUT2D eigenvalue weighted by atomic mass is 9.59. The molecule has 2 saturated carbocycles. The normalized spacial score (nSPS) is 25.9. The fourth-order valence-corrected chi connectivity index (χ4v) is 7.23. The highest BCUT2D eigenvalue weighted by Gasteiger charge is 2.56. The van der Waals surface area contributed by atoms with Crippen LogP contribution < -0.4 is 15.8 Å². The number of phenolic OH excluding ortho intramolecular Hbond substituents is 1. The fraction of sp³-hybridized carbons (Fsp3) is 0.452. The molecule has 216 valence electrons. The van der Waals surface area contributed by atoms with Crippen LogP contribution in [0.4, 0.5) is 0 Å². The summed E-state index contributed by atoms with van der Waals surface area (Å²) in [5.74, 6) is -4.72. The first-order chi connectivity index (χ1) is 19.5. The number of amides is 1. The largest absolute Gasteiger partial charge is 0.510 e. The molecule has 6 N–H and O–H groups in total. The number of fused-ring (bicyclic) bond motifs is 4. The number of benzene rings is 2. The number of nitrogens with one attached hydrogen (secondary N) is 1. The first kappa shape index (κ1) is 27.3. The molecule has 0 heterocycles. The molecule has 2 fully saturated rings. The molecule has 4 aliphatic carbocycles. The van der Waals surface area contributed by atoms with E-state index in [1.165, 1.54) is 20.0 Å². The van der Waals surface area contributed by atoms with Gasteiger partial charge >= 0.3 is 0 Å². The minimum atomic E-state index is -1.29. The summed E-state index contributed by atoms with van der Waals surface area (Å²) < 4.78 is 5.83. The smallest absolute Gasteiger partial charge is 0.255 e. The highest BCUT2D eigenvalue weighted by atomic mass is 16.5. The van der Waals surface area contributed by atoms with Crippen LogP contribution in [-0.4, -0.2) is 71.5 Å². The molecular formula is C31H35N3O7. The van der Waals surface area contributed by atoms with Crippen molar-refractivity contribution < 1.29 is 34.4 Å². The number of allylic oxidation sites excluding steroid dienone is 1. The zero-order chi connectivity index (χ0) is 29.3. The molecule has 1 amide bonds. The predicted octanol–water partition coefficient (Wildman–Crippen LogP) is 2.51. The van der Waals surface area contributed by atoms with Crippen molar-refractivity contribution in [3.8, 4) is 11.5 Å². The number of primary amides is 1. The predicted molar refractivity (Wildman–Crippen MR) is 151 cm³/mol. The number of nitrogens with two attached hydrogens (primary N) is 1. The molecule has 41 heavy (non-hydrogen) atoms. The Kier molecular flexibility index (Phi) is 6.58. The van der Waals surface area contributed by atoms with Crippen molar-refractivity contribution in [2.45, 2.75) is 38.3 Å². The number of Topliss-reactive ketones (excluding diaryl/α,β-unsaturated/α-hetero) is 2. The zero-order valence-electron chi connectivity index (χ0n) is 23.4. The third-order valence-electron chi connectivity index (χ3n) is 9.22. The van der Waals surface area contributed by atoms with Gasteiger partial charge in [0.05, 0.1) is 24.6 Å². The number of likely N-dealkylation sites (N-methyl/N-ethyl adjacent to an activating group) is 1. The van der Waals surface area contributed by atoms with Crippen LogP contribution in [0.15, 0.2) is 35.1 Å². The summed E-state index contributed by atoms with van der Waals surface area (Å²) in [4.78, 5) is 41.2. The van der Waals surface area contributed by atoms with E-state index in [1.807, 2.05) is 18.2 Å². The summed E-state index contributed by atoms with van der Waals surface area (Å²) in [6.45, 7) is 1.56. The molecule has 2 unspecified atom stereocenters. The van der Waals surface area contributed by atoms with Crippen molar-refractivity contribution in [2.24, 2.45) is 29.4 Å². The van der Waals surface area contributed by atoms with Gasteiger partial charge in [-0.3, -0.25) is 19.3 Å². The molecule has 0 aliphatic heterocycles. The van der Waals surface area contributed by atoms with E-state index in [1.54, 1.807) is 19.0 Å². The van der Waals surface area contributed by atoms with Crippen molar-refractivity contribution in [3.05, 3.63) is 51.8 Å². The lowest BCUT2D eigenvalue weighted by Gasteiger charge is -2.46. The maximum absolute atomic E-state index is 14.0. The first-order valence-corrected chi connectivity index (χ1v) is 14.0. The van der Waals surface area contributed by atoms with Gasteiger partial charge in [-0.05, 0) is 75.7 Å². The Balaban J connectivity index is 1.47. The van der Waals surface area contributed by atoms with Gasteiger partial charge in [-0.1, -0.05) is 12.1 Å². The molecular weight excluding hydrogens is 526 g/mol. The number of hydrogen-bond donors (Lipinski definition) is 5. The molecule has 4 aliphatic rings. The number of nitrogens with zero attached hydrogens (tertiary/aromatic N) is 1. The van der Waals surface area contributed by atoms with E-state index in [9.17, 15) is 29.7 Å². The number of aromatic hydroxyl groups is 1. The number of rotatable bonds is 7. The third-order valence-corrected chi connectivity index (χ3v) is 9.22. The van der Waals surface area contributed by atoms with Crippen molar-refractivity contribution in [1.82, 2.24) is 10.2 Å². The van der Waals surface area contributed by atoms with Crippen molar-refractivity contribution in [3.63, 3.8) is 0 Å². The number of carbonyl (C=O) groups is 3. The third kappa shape index (κ3) is 4.19. The van der Waals surface area contributed by atoms with Crippen LogP contribution >= 0.6 is 0 Å². The quantitative estimate of drug-likeness (QED) is 0.253. The highest BCUT2D eigenvalue weighted by molar-refractivity contribution is 6.28. The number of ether oxygens (including phenoxy) is 1. The van der Waals surface area contributed by atoms with Gasteiger partial charge in [0, 0.05) is 28.5 Å². The van der Waals surface area contributed by atoms with Crippen LogP contribution in [0.25, 0.3) is 16.5 Å². The Labute approximate surface area is 237 Å². The number of hydrogen-bond acceptors (Lipinski definition) is 9. The van der Waals surface area contributed by atoms with Gasteiger partial charge in [0.15, 0.2) is 11.6 Å². The van der Waals surface area contributed by atoms with Crippen molar-refractivity contribution in [1.29, 1.82) is 0 Å². The lowest BCUT2D eigenvalue weighted by Crippen LogP contribution is -2.55. The van der Waals surface area contributed by atoms with E-state index >= 15 is 0 Å². The molecule has 0 radical (unpaired) electrons. The van der Waals surface area contributed by atoms with Gasteiger partial charge in [0.2, 0.25) is 0 Å². The second-order valence-corrected chi connectivity index (χ2v) is 12.0. The standard InChI is InChI=1S/C31H35N3O7/c1-34(2)24-18-9-15-10-19-22(27(37)20(15)26(36)21(18)28(38)23(29(24)39)31(32)40)25(35)17-8-14(12-33-11-13-4-5-13)6-7-16(17)30(19)41-3/h6-8,13,15,18,21,24,33,35,37,39H,4-5,9-12H2,1-3H3,(H2,32,40)/t15-,18?,21?,24+/m1/s1. The summed E-state index contributed by atoms with van der Waals surface area (Å²) in [5.41, 5.74) is 6.58. The van der Waals surface area contributed by atoms with E-state index in [-0.39, 0.29) is 35.5 Å². The number of phenols is 1.